The second kappa shape index (κ2) is 7.33. The van der Waals surface area contributed by atoms with Crippen LogP contribution in [0.3, 0.4) is 0 Å². The van der Waals surface area contributed by atoms with Crippen molar-refractivity contribution in [1.29, 1.82) is 0 Å². The summed E-state index contributed by atoms with van der Waals surface area (Å²) in [5.41, 5.74) is 0.606. The molecule has 2 fully saturated rings. The summed E-state index contributed by atoms with van der Waals surface area (Å²) in [5.74, 6) is 1.84. The Labute approximate surface area is 153 Å². The largest absolute Gasteiger partial charge is 0.472 e. The quantitative estimate of drug-likeness (QED) is 0.805. The van der Waals surface area contributed by atoms with Crippen LogP contribution in [0.2, 0.25) is 0 Å². The van der Waals surface area contributed by atoms with Crippen molar-refractivity contribution in [2.24, 2.45) is 0 Å². The van der Waals surface area contributed by atoms with Crippen LogP contribution in [0.25, 0.3) is 0 Å². The van der Waals surface area contributed by atoms with Crippen LogP contribution in [0.15, 0.2) is 35.1 Å². The number of likely N-dealkylation sites (N-methyl/N-ethyl adjacent to an activating group) is 1. The van der Waals surface area contributed by atoms with E-state index < -0.39 is 0 Å². The van der Waals surface area contributed by atoms with Crippen LogP contribution in [0.1, 0.15) is 10.4 Å². The van der Waals surface area contributed by atoms with Gasteiger partial charge in [0.15, 0.2) is 11.6 Å². The SMILES string of the molecule is CN1CCN(c2ccc(N3CCN(C(=O)c4ccoc4)CC3)nn2)CC1. The fraction of sp³-hybridized carbons (Fsp3) is 0.500. The van der Waals surface area contributed by atoms with E-state index in [2.05, 4.69) is 38.0 Å². The first-order valence-electron chi connectivity index (χ1n) is 9.04. The highest BCUT2D eigenvalue weighted by molar-refractivity contribution is 5.94. The van der Waals surface area contributed by atoms with Gasteiger partial charge < -0.3 is 24.0 Å². The lowest BCUT2D eigenvalue weighted by Gasteiger charge is -2.35. The summed E-state index contributed by atoms with van der Waals surface area (Å²) in [5, 5.41) is 8.84. The smallest absolute Gasteiger partial charge is 0.257 e. The molecule has 0 aromatic carbocycles. The highest BCUT2D eigenvalue weighted by Crippen LogP contribution is 2.18. The van der Waals surface area contributed by atoms with Gasteiger partial charge >= 0.3 is 0 Å². The van der Waals surface area contributed by atoms with Crippen LogP contribution in [0.5, 0.6) is 0 Å². The van der Waals surface area contributed by atoms with Gasteiger partial charge in [-0.1, -0.05) is 0 Å². The zero-order valence-corrected chi connectivity index (χ0v) is 15.0. The summed E-state index contributed by atoms with van der Waals surface area (Å²) in [6.07, 6.45) is 3.03. The Morgan fingerprint density at radius 3 is 1.96 bits per heavy atom. The van der Waals surface area contributed by atoms with Crippen LogP contribution >= 0.6 is 0 Å². The number of anilines is 2. The van der Waals surface area contributed by atoms with Crippen molar-refractivity contribution >= 4 is 17.5 Å². The van der Waals surface area contributed by atoms with Gasteiger partial charge in [0.1, 0.15) is 6.26 Å². The molecule has 2 aromatic heterocycles. The van der Waals surface area contributed by atoms with Gasteiger partial charge in [0.2, 0.25) is 0 Å². The third-order valence-electron chi connectivity index (χ3n) is 5.12. The maximum atomic E-state index is 12.4. The van der Waals surface area contributed by atoms with E-state index in [1.807, 2.05) is 11.0 Å². The lowest BCUT2D eigenvalue weighted by Crippen LogP contribution is -2.49. The first-order chi connectivity index (χ1) is 12.7. The molecule has 0 radical (unpaired) electrons. The first-order valence-corrected chi connectivity index (χ1v) is 9.04. The Morgan fingerprint density at radius 1 is 0.885 bits per heavy atom. The predicted octanol–water partition coefficient (Wildman–Crippen LogP) is 0.784. The number of carbonyl (C=O) groups excluding carboxylic acids is 1. The van der Waals surface area contributed by atoms with Crippen molar-refractivity contribution in [3.63, 3.8) is 0 Å². The number of hydrogen-bond acceptors (Lipinski definition) is 7. The number of carbonyl (C=O) groups is 1. The molecular weight excluding hydrogens is 332 g/mol. The number of amides is 1. The van der Waals surface area contributed by atoms with Crippen molar-refractivity contribution in [2.45, 2.75) is 0 Å². The third kappa shape index (κ3) is 3.50. The molecule has 0 bridgehead atoms. The van der Waals surface area contributed by atoms with Crippen LogP contribution < -0.4 is 9.80 Å². The highest BCUT2D eigenvalue weighted by atomic mass is 16.3. The molecule has 2 aliphatic heterocycles. The molecule has 8 nitrogen and oxygen atoms in total. The minimum atomic E-state index is 0.0231. The molecule has 2 aliphatic rings. The molecule has 0 N–H and O–H groups in total. The fourth-order valence-electron chi connectivity index (χ4n) is 3.40. The van der Waals surface area contributed by atoms with Crippen LogP contribution in [0, 0.1) is 0 Å². The number of furan rings is 1. The molecule has 0 aliphatic carbocycles. The monoisotopic (exact) mass is 356 g/mol. The Balaban J connectivity index is 1.34. The number of rotatable bonds is 3. The van der Waals surface area contributed by atoms with Crippen molar-refractivity contribution in [3.8, 4) is 0 Å². The topological polar surface area (TPSA) is 69.0 Å². The highest BCUT2D eigenvalue weighted by Gasteiger charge is 2.24. The summed E-state index contributed by atoms with van der Waals surface area (Å²) < 4.78 is 5.00. The predicted molar refractivity (Wildman–Crippen MR) is 98.6 cm³/mol. The number of piperazine rings is 2. The Kier molecular flexibility index (Phi) is 4.75. The summed E-state index contributed by atoms with van der Waals surface area (Å²) >= 11 is 0. The molecule has 138 valence electrons. The van der Waals surface area contributed by atoms with E-state index in [1.165, 1.54) is 12.5 Å². The lowest BCUT2D eigenvalue weighted by molar-refractivity contribution is 0.0746. The normalized spacial score (nSPS) is 19.0. The van der Waals surface area contributed by atoms with E-state index in [0.717, 1.165) is 50.9 Å². The summed E-state index contributed by atoms with van der Waals surface area (Å²) in [6.45, 7) is 6.93. The van der Waals surface area contributed by atoms with Gasteiger partial charge in [0.05, 0.1) is 11.8 Å². The molecule has 4 heterocycles. The van der Waals surface area contributed by atoms with Crippen LogP contribution in [0.4, 0.5) is 11.6 Å². The van der Waals surface area contributed by atoms with Gasteiger partial charge in [-0.25, -0.2) is 0 Å². The second-order valence-corrected chi connectivity index (χ2v) is 6.83. The van der Waals surface area contributed by atoms with Crippen molar-refractivity contribution in [2.75, 3.05) is 69.2 Å². The summed E-state index contributed by atoms with van der Waals surface area (Å²) in [6, 6.07) is 5.79. The molecule has 0 saturated carbocycles. The minimum absolute atomic E-state index is 0.0231. The van der Waals surface area contributed by atoms with Gasteiger partial charge in [0, 0.05) is 52.4 Å². The van der Waals surface area contributed by atoms with E-state index in [1.54, 1.807) is 6.07 Å². The average Bonchev–Trinajstić information content (AvgIpc) is 3.23. The zero-order chi connectivity index (χ0) is 17.9. The summed E-state index contributed by atoms with van der Waals surface area (Å²) in [7, 11) is 2.14. The van der Waals surface area contributed by atoms with E-state index >= 15 is 0 Å². The molecule has 0 atom stereocenters. The number of nitrogens with zero attached hydrogens (tertiary/aromatic N) is 6. The fourth-order valence-corrected chi connectivity index (χ4v) is 3.40. The minimum Gasteiger partial charge on any atom is -0.472 e. The average molecular weight is 356 g/mol. The van der Waals surface area contributed by atoms with E-state index in [4.69, 9.17) is 4.42 Å². The number of aromatic nitrogens is 2. The van der Waals surface area contributed by atoms with Gasteiger partial charge in [0.25, 0.3) is 5.91 Å². The molecule has 2 aromatic rings. The van der Waals surface area contributed by atoms with Crippen molar-refractivity contribution in [1.82, 2.24) is 20.0 Å². The van der Waals surface area contributed by atoms with Gasteiger partial charge in [-0.3, -0.25) is 4.79 Å². The van der Waals surface area contributed by atoms with Gasteiger partial charge in [-0.2, -0.15) is 0 Å². The molecular formula is C18H24N6O2. The molecule has 0 spiro atoms. The van der Waals surface area contributed by atoms with E-state index in [-0.39, 0.29) is 5.91 Å². The standard InChI is InChI=1S/C18H24N6O2/c1-21-5-7-22(8-6-21)16-2-3-17(20-19-16)23-9-11-24(12-10-23)18(25)15-4-13-26-14-15/h2-4,13-14H,5-12H2,1H3. The van der Waals surface area contributed by atoms with Gasteiger partial charge in [-0.05, 0) is 25.2 Å². The van der Waals surface area contributed by atoms with Crippen LogP contribution in [-0.4, -0.2) is 85.3 Å². The second-order valence-electron chi connectivity index (χ2n) is 6.83. The van der Waals surface area contributed by atoms with Crippen molar-refractivity contribution in [3.05, 3.63) is 36.3 Å². The maximum absolute atomic E-state index is 12.4. The summed E-state index contributed by atoms with van der Waals surface area (Å²) in [4.78, 5) is 21.0. The Bertz CT molecular complexity index is 717. The molecule has 0 unspecified atom stereocenters. The molecule has 4 rings (SSSR count). The van der Waals surface area contributed by atoms with Crippen molar-refractivity contribution < 1.29 is 9.21 Å². The zero-order valence-electron chi connectivity index (χ0n) is 15.0. The molecule has 26 heavy (non-hydrogen) atoms. The van der Waals surface area contributed by atoms with Crippen LogP contribution in [-0.2, 0) is 0 Å². The van der Waals surface area contributed by atoms with E-state index in [0.29, 0.717) is 18.7 Å². The van der Waals surface area contributed by atoms with E-state index in [9.17, 15) is 4.79 Å². The Morgan fingerprint density at radius 2 is 1.46 bits per heavy atom. The Hall–Kier alpha value is -2.61. The lowest BCUT2D eigenvalue weighted by atomic mass is 10.2. The van der Waals surface area contributed by atoms with Gasteiger partial charge in [-0.15, -0.1) is 10.2 Å². The third-order valence-corrected chi connectivity index (χ3v) is 5.12. The molecule has 2 saturated heterocycles. The first kappa shape index (κ1) is 16.8. The molecule has 8 heteroatoms. The number of hydrogen-bond donors (Lipinski definition) is 0. The maximum Gasteiger partial charge on any atom is 0.257 e. The molecule has 1 amide bonds.